The van der Waals surface area contributed by atoms with E-state index in [4.69, 9.17) is 21.9 Å². The lowest BCUT2D eigenvalue weighted by atomic mass is 10.0. The number of nitriles is 1. The van der Waals surface area contributed by atoms with Crippen LogP contribution in [0.15, 0.2) is 42.7 Å². The average molecular weight is 503 g/mol. The van der Waals surface area contributed by atoms with E-state index in [0.717, 1.165) is 12.1 Å². The summed E-state index contributed by atoms with van der Waals surface area (Å²) in [5.41, 5.74) is 3.60. The smallest absolute Gasteiger partial charge is 0.396 e. The van der Waals surface area contributed by atoms with Gasteiger partial charge in [-0.15, -0.1) is 0 Å². The minimum atomic E-state index is -4.84. The Morgan fingerprint density at radius 1 is 1.28 bits per heavy atom. The van der Waals surface area contributed by atoms with Crippen LogP contribution in [0.1, 0.15) is 36.2 Å². The number of hydrogen-bond acceptors (Lipinski definition) is 8. The number of benzene rings is 1. The second kappa shape index (κ2) is 9.84. The van der Waals surface area contributed by atoms with E-state index in [-0.39, 0.29) is 31.1 Å². The summed E-state index contributed by atoms with van der Waals surface area (Å²) < 4.78 is 40.3. The van der Waals surface area contributed by atoms with Gasteiger partial charge in [-0.25, -0.2) is 15.5 Å². The van der Waals surface area contributed by atoms with Crippen molar-refractivity contribution in [2.45, 2.75) is 32.1 Å². The molecule has 1 aromatic heterocycles. The van der Waals surface area contributed by atoms with Crippen molar-refractivity contribution >= 4 is 23.3 Å². The number of aromatic nitrogens is 1. The fourth-order valence-electron chi connectivity index (χ4n) is 3.63. The molecule has 0 unspecified atom stereocenters. The maximum atomic E-state index is 13.4. The van der Waals surface area contributed by atoms with Crippen molar-refractivity contribution in [3.8, 4) is 6.07 Å². The number of aliphatic hydroxyl groups excluding tert-OH is 1. The molecule has 2 aromatic rings. The van der Waals surface area contributed by atoms with Gasteiger partial charge in [-0.05, 0) is 43.7 Å². The molecule has 13 heteroatoms. The Morgan fingerprint density at radius 2 is 1.97 bits per heavy atom. The van der Waals surface area contributed by atoms with Crippen molar-refractivity contribution in [2.24, 2.45) is 11.6 Å². The number of halogens is 3. The van der Waals surface area contributed by atoms with E-state index in [2.05, 4.69) is 4.98 Å². The number of hydrogen-bond donors (Lipinski definition) is 3. The molecule has 0 spiro atoms. The molecular formula is C23H24F3N7O3. The molecule has 1 aliphatic heterocycles. The zero-order valence-electron chi connectivity index (χ0n) is 19.5. The molecule has 2 heterocycles. The van der Waals surface area contributed by atoms with Crippen LogP contribution in [0.3, 0.4) is 0 Å². The molecule has 0 radical (unpaired) electrons. The van der Waals surface area contributed by atoms with E-state index in [1.807, 2.05) is 0 Å². The molecule has 0 aliphatic carbocycles. The first-order chi connectivity index (χ1) is 16.8. The van der Waals surface area contributed by atoms with Gasteiger partial charge in [0.05, 0.1) is 54.0 Å². The fourth-order valence-corrected chi connectivity index (χ4v) is 3.63. The van der Waals surface area contributed by atoms with Crippen LogP contribution in [0.4, 0.5) is 23.7 Å². The second-order valence-electron chi connectivity index (χ2n) is 8.51. The summed E-state index contributed by atoms with van der Waals surface area (Å²) in [5.74, 6) is 4.95. The van der Waals surface area contributed by atoms with Crippen molar-refractivity contribution < 1.29 is 27.9 Å². The summed E-state index contributed by atoms with van der Waals surface area (Å²) in [7, 11) is 0. The van der Waals surface area contributed by atoms with Gasteiger partial charge in [-0.2, -0.15) is 18.4 Å². The highest BCUT2D eigenvalue weighted by molar-refractivity contribution is 6.23. The van der Waals surface area contributed by atoms with Gasteiger partial charge in [0, 0.05) is 12.4 Å². The van der Waals surface area contributed by atoms with Crippen LogP contribution < -0.4 is 16.5 Å². The van der Waals surface area contributed by atoms with E-state index in [1.54, 1.807) is 12.1 Å². The van der Waals surface area contributed by atoms with E-state index >= 15 is 0 Å². The van der Waals surface area contributed by atoms with Crippen molar-refractivity contribution in [2.75, 3.05) is 18.1 Å². The van der Waals surface area contributed by atoms with Crippen molar-refractivity contribution in [3.63, 3.8) is 0 Å². The highest BCUT2D eigenvalue weighted by Gasteiger charge is 2.52. The Kier molecular flexibility index (Phi) is 7.23. The Hall–Kier alpha value is -4.15. The normalized spacial score (nSPS) is 15.9. The minimum Gasteiger partial charge on any atom is -0.396 e. The first-order valence-corrected chi connectivity index (χ1v) is 10.6. The van der Waals surface area contributed by atoms with Crippen molar-refractivity contribution in [3.05, 3.63) is 65.1 Å². The molecule has 0 atom stereocenters. The molecule has 1 aliphatic rings. The number of alkyl halides is 3. The third kappa shape index (κ3) is 5.09. The molecule has 0 bridgehead atoms. The Morgan fingerprint density at radius 3 is 2.53 bits per heavy atom. The second-order valence-corrected chi connectivity index (χ2v) is 8.51. The molecule has 10 nitrogen and oxygen atoms in total. The van der Waals surface area contributed by atoms with Crippen LogP contribution in [0, 0.1) is 11.3 Å². The summed E-state index contributed by atoms with van der Waals surface area (Å²) in [5, 5.41) is 19.1. The zero-order chi connectivity index (χ0) is 26.8. The van der Waals surface area contributed by atoms with Crippen LogP contribution in [0.2, 0.25) is 0 Å². The van der Waals surface area contributed by atoms with E-state index in [1.165, 1.54) is 42.2 Å². The molecule has 190 valence electrons. The lowest BCUT2D eigenvalue weighted by Crippen LogP contribution is -2.43. The molecule has 1 aromatic carbocycles. The van der Waals surface area contributed by atoms with Crippen LogP contribution in [-0.4, -0.2) is 50.6 Å². The SMILES string of the molecule is CC1(C)C(=O)N(c2ccc(C#N)c(C(F)(F)F)c2)C(=O)N1Cc1ccc(/C(N)=C/N(N)CCO)nc1. The molecule has 3 rings (SSSR count). The number of amides is 3. The number of hydrazine groups is 1. The van der Waals surface area contributed by atoms with Gasteiger partial charge < -0.3 is 20.7 Å². The predicted molar refractivity (Wildman–Crippen MR) is 123 cm³/mol. The Labute approximate surface area is 204 Å². The van der Waals surface area contributed by atoms with E-state index < -0.39 is 34.8 Å². The predicted octanol–water partition coefficient (Wildman–Crippen LogP) is 2.14. The number of nitrogens with two attached hydrogens (primary N) is 2. The van der Waals surface area contributed by atoms with Crippen LogP contribution in [0.25, 0.3) is 5.70 Å². The Balaban J connectivity index is 1.88. The maximum Gasteiger partial charge on any atom is 0.417 e. The van der Waals surface area contributed by atoms with Crippen LogP contribution >= 0.6 is 0 Å². The average Bonchev–Trinajstić information content (AvgIpc) is 2.98. The number of pyridine rings is 1. The van der Waals surface area contributed by atoms with Gasteiger partial charge in [-0.3, -0.25) is 9.78 Å². The van der Waals surface area contributed by atoms with Gasteiger partial charge in [0.15, 0.2) is 0 Å². The Bertz CT molecular complexity index is 1240. The lowest BCUT2D eigenvalue weighted by molar-refractivity contribution is -0.137. The number of anilines is 1. The number of aliphatic hydroxyl groups is 1. The summed E-state index contributed by atoms with van der Waals surface area (Å²) in [6, 6.07) is 6.56. The summed E-state index contributed by atoms with van der Waals surface area (Å²) >= 11 is 0. The largest absolute Gasteiger partial charge is 0.417 e. The quantitative estimate of drug-likeness (QED) is 0.295. The summed E-state index contributed by atoms with van der Waals surface area (Å²) in [6.07, 6.45) is -2.00. The third-order valence-electron chi connectivity index (χ3n) is 5.63. The monoisotopic (exact) mass is 503 g/mol. The number of imide groups is 1. The highest BCUT2D eigenvalue weighted by Crippen LogP contribution is 2.38. The van der Waals surface area contributed by atoms with Gasteiger partial charge in [0.1, 0.15) is 5.54 Å². The molecule has 5 N–H and O–H groups in total. The zero-order valence-corrected chi connectivity index (χ0v) is 19.5. The molecule has 1 saturated heterocycles. The number of carbonyl (C=O) groups is 2. The first kappa shape index (κ1) is 26.5. The van der Waals surface area contributed by atoms with E-state index in [9.17, 15) is 22.8 Å². The summed E-state index contributed by atoms with van der Waals surface area (Å²) in [6.45, 7) is 2.92. The lowest BCUT2D eigenvalue weighted by Gasteiger charge is -2.27. The number of rotatable bonds is 7. The molecule has 1 fully saturated rings. The van der Waals surface area contributed by atoms with Crippen molar-refractivity contribution in [1.29, 1.82) is 5.26 Å². The molecular weight excluding hydrogens is 479 g/mol. The van der Waals surface area contributed by atoms with Gasteiger partial charge >= 0.3 is 12.2 Å². The van der Waals surface area contributed by atoms with Crippen molar-refractivity contribution in [1.82, 2.24) is 14.9 Å². The third-order valence-corrected chi connectivity index (χ3v) is 5.63. The summed E-state index contributed by atoms with van der Waals surface area (Å²) in [4.78, 5) is 32.4. The maximum absolute atomic E-state index is 13.4. The van der Waals surface area contributed by atoms with Gasteiger partial charge in [-0.1, -0.05) is 6.07 Å². The van der Waals surface area contributed by atoms with Crippen LogP contribution in [0.5, 0.6) is 0 Å². The van der Waals surface area contributed by atoms with Gasteiger partial charge in [0.2, 0.25) is 0 Å². The molecule has 0 saturated carbocycles. The molecule has 3 amide bonds. The standard InChI is InChI=1S/C23H24F3N7O3/c1-22(2)20(35)33(16-5-4-15(10-27)17(9-16)23(24,25)26)21(36)32(22)12-14-3-6-19(30-11-14)18(28)13-31(29)7-8-34/h3-6,9,11,13,34H,7-8,12,28-29H2,1-2H3/b18-13-. The number of carbonyl (C=O) groups excluding carboxylic acids is 2. The molecule has 36 heavy (non-hydrogen) atoms. The minimum absolute atomic E-state index is 0.0547. The fraction of sp³-hybridized carbons (Fsp3) is 0.304. The number of nitrogens with zero attached hydrogens (tertiary/aromatic N) is 5. The first-order valence-electron chi connectivity index (χ1n) is 10.6. The highest BCUT2D eigenvalue weighted by atomic mass is 19.4. The van der Waals surface area contributed by atoms with Crippen LogP contribution in [-0.2, 0) is 17.5 Å². The topological polar surface area (TPSA) is 153 Å². The number of urea groups is 1. The van der Waals surface area contributed by atoms with E-state index in [0.29, 0.717) is 22.2 Å². The van der Waals surface area contributed by atoms with Gasteiger partial charge in [0.25, 0.3) is 5.91 Å².